The number of ether oxygens (including phenoxy) is 1. The van der Waals surface area contributed by atoms with Gasteiger partial charge in [0.1, 0.15) is 0 Å². The highest BCUT2D eigenvalue weighted by atomic mass is 32.1. The molecule has 3 rings (SSSR count). The van der Waals surface area contributed by atoms with Crippen LogP contribution in [0.5, 0.6) is 0 Å². The van der Waals surface area contributed by atoms with Gasteiger partial charge in [-0.1, -0.05) is 0 Å². The molecular weight excluding hydrogens is 300 g/mol. The third-order valence-electron chi connectivity index (χ3n) is 4.45. The molecule has 1 aliphatic carbocycles. The number of β-amino-alcohol motifs (C(OH)–C–C–N with tert-alkyl or cyclic N) is 1. The van der Waals surface area contributed by atoms with Crippen LogP contribution >= 0.6 is 11.3 Å². The number of nitrogens with one attached hydrogen (secondary N) is 1. The minimum atomic E-state index is -0.511. The molecule has 3 unspecified atom stereocenters. The highest BCUT2D eigenvalue weighted by molar-refractivity contribution is 7.10. The van der Waals surface area contributed by atoms with Gasteiger partial charge in [0, 0.05) is 42.9 Å². The molecule has 1 amide bonds. The molecule has 1 aliphatic heterocycles. The zero-order chi connectivity index (χ0) is 15.5. The van der Waals surface area contributed by atoms with Crippen molar-refractivity contribution in [3.63, 3.8) is 0 Å². The van der Waals surface area contributed by atoms with Crippen molar-refractivity contribution in [3.8, 4) is 0 Å². The SMILES string of the molecule is Cc1ccsc1C1CC1C(=O)NCC(O)CN1CCOCC1. The Labute approximate surface area is 135 Å². The second-order valence-corrected chi connectivity index (χ2v) is 7.18. The average molecular weight is 324 g/mol. The molecule has 2 heterocycles. The fourth-order valence-corrected chi connectivity index (χ4v) is 4.14. The van der Waals surface area contributed by atoms with E-state index in [0.717, 1.165) is 32.7 Å². The fourth-order valence-electron chi connectivity index (χ4n) is 3.03. The molecule has 1 saturated heterocycles. The summed E-state index contributed by atoms with van der Waals surface area (Å²) in [6.45, 7) is 6.20. The first-order chi connectivity index (χ1) is 10.6. The molecule has 6 heteroatoms. The quantitative estimate of drug-likeness (QED) is 0.818. The molecule has 2 N–H and O–H groups in total. The van der Waals surface area contributed by atoms with E-state index in [1.807, 2.05) is 0 Å². The van der Waals surface area contributed by atoms with Crippen molar-refractivity contribution in [1.29, 1.82) is 0 Å². The maximum absolute atomic E-state index is 12.2. The van der Waals surface area contributed by atoms with Gasteiger partial charge in [0.15, 0.2) is 0 Å². The summed E-state index contributed by atoms with van der Waals surface area (Å²) in [5.74, 6) is 0.558. The Bertz CT molecular complexity index is 513. The van der Waals surface area contributed by atoms with Crippen molar-refractivity contribution in [2.75, 3.05) is 39.4 Å². The zero-order valence-electron chi connectivity index (χ0n) is 13.0. The molecule has 1 saturated carbocycles. The lowest BCUT2D eigenvalue weighted by atomic mass is 10.2. The molecule has 22 heavy (non-hydrogen) atoms. The summed E-state index contributed by atoms with van der Waals surface area (Å²) in [6, 6.07) is 2.11. The van der Waals surface area contributed by atoms with Gasteiger partial charge < -0.3 is 15.2 Å². The van der Waals surface area contributed by atoms with E-state index in [1.54, 1.807) is 11.3 Å². The monoisotopic (exact) mass is 324 g/mol. The predicted molar refractivity (Wildman–Crippen MR) is 86.2 cm³/mol. The summed E-state index contributed by atoms with van der Waals surface area (Å²) in [5.41, 5.74) is 1.29. The van der Waals surface area contributed by atoms with Crippen LogP contribution < -0.4 is 5.32 Å². The molecule has 2 aliphatic rings. The van der Waals surface area contributed by atoms with Crippen molar-refractivity contribution >= 4 is 17.2 Å². The Balaban J connectivity index is 1.38. The van der Waals surface area contributed by atoms with Crippen LogP contribution in [0.2, 0.25) is 0 Å². The van der Waals surface area contributed by atoms with Crippen molar-refractivity contribution in [3.05, 3.63) is 21.9 Å². The number of morpholine rings is 1. The number of aliphatic hydroxyl groups excluding tert-OH is 1. The van der Waals surface area contributed by atoms with Gasteiger partial charge in [-0.25, -0.2) is 0 Å². The van der Waals surface area contributed by atoms with Crippen molar-refractivity contribution in [1.82, 2.24) is 10.2 Å². The standard InChI is InChI=1S/C16H24N2O3S/c1-11-2-7-22-15(11)13-8-14(13)16(20)17-9-12(19)10-18-3-5-21-6-4-18/h2,7,12-14,19H,3-6,8-10H2,1H3,(H,17,20). The zero-order valence-corrected chi connectivity index (χ0v) is 13.8. The molecule has 0 radical (unpaired) electrons. The number of hydrogen-bond donors (Lipinski definition) is 2. The van der Waals surface area contributed by atoms with Crippen LogP contribution in [-0.4, -0.2) is 61.4 Å². The highest BCUT2D eigenvalue weighted by Gasteiger charge is 2.45. The number of nitrogens with zero attached hydrogens (tertiary/aromatic N) is 1. The second-order valence-electron chi connectivity index (χ2n) is 6.23. The highest BCUT2D eigenvalue weighted by Crippen LogP contribution is 2.50. The smallest absolute Gasteiger partial charge is 0.223 e. The molecule has 1 aromatic heterocycles. The lowest BCUT2D eigenvalue weighted by molar-refractivity contribution is -0.123. The Kier molecular flexibility index (Phi) is 5.13. The third-order valence-corrected chi connectivity index (χ3v) is 5.60. The molecule has 3 atom stereocenters. The van der Waals surface area contributed by atoms with Crippen LogP contribution in [0.4, 0.5) is 0 Å². The first-order valence-corrected chi connectivity index (χ1v) is 8.83. The molecular formula is C16H24N2O3S. The van der Waals surface area contributed by atoms with Gasteiger partial charge in [-0.2, -0.15) is 0 Å². The Morgan fingerprint density at radius 3 is 3.00 bits per heavy atom. The van der Waals surface area contributed by atoms with Gasteiger partial charge in [0.25, 0.3) is 0 Å². The van der Waals surface area contributed by atoms with Gasteiger partial charge in [-0.05, 0) is 30.4 Å². The lowest BCUT2D eigenvalue weighted by Crippen LogP contribution is -2.44. The number of amides is 1. The molecule has 0 spiro atoms. The minimum absolute atomic E-state index is 0.0822. The number of carbonyl (C=O) groups excluding carboxylic acids is 1. The summed E-state index contributed by atoms with van der Waals surface area (Å²) in [7, 11) is 0. The fraction of sp³-hybridized carbons (Fsp3) is 0.688. The van der Waals surface area contributed by atoms with Crippen LogP contribution in [0.1, 0.15) is 22.8 Å². The van der Waals surface area contributed by atoms with E-state index >= 15 is 0 Å². The lowest BCUT2D eigenvalue weighted by Gasteiger charge is -2.28. The number of hydrogen-bond acceptors (Lipinski definition) is 5. The van der Waals surface area contributed by atoms with Crippen LogP contribution in [-0.2, 0) is 9.53 Å². The first kappa shape index (κ1) is 15.9. The molecule has 0 aromatic carbocycles. The van der Waals surface area contributed by atoms with Crippen molar-refractivity contribution < 1.29 is 14.6 Å². The Morgan fingerprint density at radius 1 is 1.55 bits per heavy atom. The molecule has 2 fully saturated rings. The van der Waals surface area contributed by atoms with Crippen LogP contribution in [0, 0.1) is 12.8 Å². The topological polar surface area (TPSA) is 61.8 Å². The van der Waals surface area contributed by atoms with Crippen molar-refractivity contribution in [2.24, 2.45) is 5.92 Å². The number of thiophene rings is 1. The summed E-state index contributed by atoms with van der Waals surface area (Å²) >= 11 is 1.74. The summed E-state index contributed by atoms with van der Waals surface area (Å²) in [6.07, 6.45) is 0.426. The van der Waals surface area contributed by atoms with Gasteiger partial charge in [-0.15, -0.1) is 11.3 Å². The summed E-state index contributed by atoms with van der Waals surface area (Å²) in [4.78, 5) is 15.7. The van der Waals surface area contributed by atoms with Gasteiger partial charge in [0.05, 0.1) is 19.3 Å². The minimum Gasteiger partial charge on any atom is -0.390 e. The first-order valence-electron chi connectivity index (χ1n) is 7.95. The summed E-state index contributed by atoms with van der Waals surface area (Å²) in [5, 5.41) is 15.0. The predicted octanol–water partition coefficient (Wildman–Crippen LogP) is 0.969. The number of aliphatic hydroxyl groups is 1. The third kappa shape index (κ3) is 3.87. The van der Waals surface area contributed by atoms with E-state index in [2.05, 4.69) is 28.6 Å². The van der Waals surface area contributed by atoms with Crippen molar-refractivity contribution in [2.45, 2.75) is 25.4 Å². The van der Waals surface area contributed by atoms with Gasteiger partial charge in [-0.3, -0.25) is 9.69 Å². The van der Waals surface area contributed by atoms with E-state index in [0.29, 0.717) is 19.0 Å². The van der Waals surface area contributed by atoms with Crippen LogP contribution in [0.15, 0.2) is 11.4 Å². The number of rotatable bonds is 6. The Hall–Kier alpha value is -0.950. The van der Waals surface area contributed by atoms with E-state index in [-0.39, 0.29) is 11.8 Å². The largest absolute Gasteiger partial charge is 0.390 e. The molecule has 0 bridgehead atoms. The van der Waals surface area contributed by atoms with E-state index in [4.69, 9.17) is 4.74 Å². The molecule has 5 nitrogen and oxygen atoms in total. The summed E-state index contributed by atoms with van der Waals surface area (Å²) < 4.78 is 5.28. The maximum atomic E-state index is 12.2. The van der Waals surface area contributed by atoms with E-state index < -0.39 is 6.10 Å². The Morgan fingerprint density at radius 2 is 2.32 bits per heavy atom. The average Bonchev–Trinajstić information content (AvgIpc) is 3.20. The molecule has 1 aromatic rings. The number of aryl methyl sites for hydroxylation is 1. The second kappa shape index (κ2) is 7.08. The maximum Gasteiger partial charge on any atom is 0.223 e. The normalized spacial score (nSPS) is 26.6. The number of carbonyl (C=O) groups is 1. The van der Waals surface area contributed by atoms with Crippen LogP contribution in [0.25, 0.3) is 0 Å². The van der Waals surface area contributed by atoms with Gasteiger partial charge >= 0.3 is 0 Å². The van der Waals surface area contributed by atoms with E-state index in [9.17, 15) is 9.90 Å². The van der Waals surface area contributed by atoms with Gasteiger partial charge in [0.2, 0.25) is 5.91 Å². The molecule has 122 valence electrons. The van der Waals surface area contributed by atoms with E-state index in [1.165, 1.54) is 10.4 Å². The van der Waals surface area contributed by atoms with Crippen LogP contribution in [0.3, 0.4) is 0 Å².